The van der Waals surface area contributed by atoms with Crippen LogP contribution in [0.5, 0.6) is 17.2 Å². The smallest absolute Gasteiger partial charge is 0.263 e. The molecule has 0 aliphatic heterocycles. The lowest BCUT2D eigenvalue weighted by atomic mass is 10.1. The maximum atomic E-state index is 10.2. The number of nitrogens with zero attached hydrogens (tertiary/aromatic N) is 4. The summed E-state index contributed by atoms with van der Waals surface area (Å²) in [5.41, 5.74) is 4.61. The molecule has 0 saturated carbocycles. The summed E-state index contributed by atoms with van der Waals surface area (Å²) in [4.78, 5) is 4.39. The average molecular weight is 365 g/mol. The minimum absolute atomic E-state index is 0.0201. The van der Waals surface area contributed by atoms with Crippen molar-refractivity contribution >= 4 is 12.2 Å². The molecule has 0 radical (unpaired) electrons. The lowest BCUT2D eigenvalue weighted by Gasteiger charge is -2.08. The number of hydrogen-bond donors (Lipinski definition) is 2. The number of rotatable bonds is 7. The van der Waals surface area contributed by atoms with E-state index >= 15 is 0 Å². The summed E-state index contributed by atoms with van der Waals surface area (Å²) in [6.45, 7) is 2.31. The molecule has 2 aromatic carbocycles. The molecule has 1 aromatic heterocycles. The van der Waals surface area contributed by atoms with Gasteiger partial charge in [-0.25, -0.2) is 10.4 Å². The Morgan fingerprint density at radius 2 is 1.96 bits per heavy atom. The van der Waals surface area contributed by atoms with E-state index in [0.717, 1.165) is 5.56 Å². The van der Waals surface area contributed by atoms with Crippen molar-refractivity contribution in [3.05, 3.63) is 54.2 Å². The number of hydrazone groups is 1. The number of ether oxygens (including phenoxy) is 2. The van der Waals surface area contributed by atoms with Crippen LogP contribution < -0.4 is 14.9 Å². The molecule has 0 amide bonds. The SMILES string of the molecule is CCOc1cccc(C=NNc2nncc(-c3ccccc3OC)n2)c1O. The molecule has 0 unspecified atom stereocenters. The second-order valence-electron chi connectivity index (χ2n) is 5.36. The highest BCUT2D eigenvalue weighted by molar-refractivity contribution is 5.85. The first-order valence-electron chi connectivity index (χ1n) is 8.30. The van der Waals surface area contributed by atoms with Gasteiger partial charge in [0.25, 0.3) is 5.95 Å². The van der Waals surface area contributed by atoms with E-state index in [1.807, 2.05) is 31.2 Å². The van der Waals surface area contributed by atoms with Crippen molar-refractivity contribution in [1.82, 2.24) is 15.2 Å². The molecule has 0 atom stereocenters. The number of phenols is 1. The van der Waals surface area contributed by atoms with Gasteiger partial charge in [-0.2, -0.15) is 10.2 Å². The van der Waals surface area contributed by atoms with E-state index in [2.05, 4.69) is 25.7 Å². The van der Waals surface area contributed by atoms with Gasteiger partial charge in [0.05, 0.1) is 31.8 Å². The zero-order valence-electron chi connectivity index (χ0n) is 15.0. The largest absolute Gasteiger partial charge is 0.504 e. The average Bonchev–Trinajstić information content (AvgIpc) is 2.71. The van der Waals surface area contributed by atoms with Crippen LogP contribution in [0.25, 0.3) is 11.3 Å². The predicted molar refractivity (Wildman–Crippen MR) is 102 cm³/mol. The Bertz CT molecular complexity index is 946. The van der Waals surface area contributed by atoms with Crippen LogP contribution in [0.1, 0.15) is 12.5 Å². The highest BCUT2D eigenvalue weighted by atomic mass is 16.5. The van der Waals surface area contributed by atoms with Gasteiger partial charge in [-0.15, -0.1) is 5.10 Å². The highest BCUT2D eigenvalue weighted by Crippen LogP contribution is 2.29. The van der Waals surface area contributed by atoms with Crippen LogP contribution in [0.15, 0.2) is 53.8 Å². The number of hydrogen-bond acceptors (Lipinski definition) is 8. The molecule has 2 N–H and O–H groups in total. The van der Waals surface area contributed by atoms with Gasteiger partial charge in [0, 0.05) is 11.1 Å². The van der Waals surface area contributed by atoms with E-state index in [9.17, 15) is 5.11 Å². The second-order valence-corrected chi connectivity index (χ2v) is 5.36. The number of aromatic hydroxyl groups is 1. The van der Waals surface area contributed by atoms with E-state index in [4.69, 9.17) is 9.47 Å². The molecule has 138 valence electrons. The molecule has 0 spiro atoms. The fourth-order valence-corrected chi connectivity index (χ4v) is 2.41. The quantitative estimate of drug-likeness (QED) is 0.490. The molecule has 0 saturated heterocycles. The van der Waals surface area contributed by atoms with Crippen LogP contribution in [0, 0.1) is 0 Å². The van der Waals surface area contributed by atoms with Gasteiger partial charge in [-0.3, -0.25) is 0 Å². The standard InChI is InChI=1S/C19H19N5O3/c1-3-27-17-10-6-7-13(18(17)25)11-20-23-19-22-15(12-21-24-19)14-8-4-5-9-16(14)26-2/h4-12,25H,3H2,1-2H3,(H,22,23,24). The fourth-order valence-electron chi connectivity index (χ4n) is 2.41. The second kappa shape index (κ2) is 8.61. The van der Waals surface area contributed by atoms with Gasteiger partial charge < -0.3 is 14.6 Å². The van der Waals surface area contributed by atoms with Crippen LogP contribution >= 0.6 is 0 Å². The van der Waals surface area contributed by atoms with Crippen LogP contribution in [0.2, 0.25) is 0 Å². The summed E-state index contributed by atoms with van der Waals surface area (Å²) in [6.07, 6.45) is 3.00. The van der Waals surface area contributed by atoms with Gasteiger partial charge in [0.15, 0.2) is 11.5 Å². The molecule has 0 fully saturated rings. The van der Waals surface area contributed by atoms with E-state index < -0.39 is 0 Å². The summed E-state index contributed by atoms with van der Waals surface area (Å²) >= 11 is 0. The zero-order valence-corrected chi connectivity index (χ0v) is 15.0. The molecular formula is C19H19N5O3. The third-order valence-corrected chi connectivity index (χ3v) is 3.64. The summed E-state index contributed by atoms with van der Waals surface area (Å²) in [5, 5.41) is 22.1. The van der Waals surface area contributed by atoms with E-state index in [-0.39, 0.29) is 11.7 Å². The molecule has 3 rings (SSSR count). The Morgan fingerprint density at radius 3 is 2.78 bits per heavy atom. The maximum absolute atomic E-state index is 10.2. The van der Waals surface area contributed by atoms with E-state index in [1.165, 1.54) is 6.21 Å². The van der Waals surface area contributed by atoms with Crippen LogP contribution in [-0.4, -0.2) is 40.2 Å². The molecule has 0 aliphatic rings. The van der Waals surface area contributed by atoms with Crippen molar-refractivity contribution in [1.29, 1.82) is 0 Å². The van der Waals surface area contributed by atoms with Crippen LogP contribution in [0.4, 0.5) is 5.95 Å². The summed E-state index contributed by atoms with van der Waals surface area (Å²) < 4.78 is 10.7. The van der Waals surface area contributed by atoms with Gasteiger partial charge in [-0.05, 0) is 31.2 Å². The zero-order chi connectivity index (χ0) is 19.1. The number of para-hydroxylation sites is 2. The van der Waals surface area contributed by atoms with E-state index in [0.29, 0.717) is 29.4 Å². The minimum Gasteiger partial charge on any atom is -0.504 e. The molecule has 8 heteroatoms. The number of anilines is 1. The van der Waals surface area contributed by atoms with Crippen molar-refractivity contribution in [2.24, 2.45) is 5.10 Å². The molecular weight excluding hydrogens is 346 g/mol. The maximum Gasteiger partial charge on any atom is 0.263 e. The molecule has 1 heterocycles. The van der Waals surface area contributed by atoms with Crippen molar-refractivity contribution in [3.8, 4) is 28.5 Å². The Labute approximate surface area is 156 Å². The van der Waals surface area contributed by atoms with Crippen molar-refractivity contribution in [2.45, 2.75) is 6.92 Å². The van der Waals surface area contributed by atoms with Crippen molar-refractivity contribution in [2.75, 3.05) is 19.1 Å². The van der Waals surface area contributed by atoms with E-state index in [1.54, 1.807) is 31.5 Å². The number of aromatic nitrogens is 3. The van der Waals surface area contributed by atoms with Gasteiger partial charge in [-0.1, -0.05) is 18.2 Å². The summed E-state index contributed by atoms with van der Waals surface area (Å²) in [6, 6.07) is 12.7. The van der Waals surface area contributed by atoms with Gasteiger partial charge in [0.2, 0.25) is 0 Å². The number of benzene rings is 2. The third-order valence-electron chi connectivity index (χ3n) is 3.64. The van der Waals surface area contributed by atoms with Crippen molar-refractivity contribution < 1.29 is 14.6 Å². The molecule has 27 heavy (non-hydrogen) atoms. The molecule has 3 aromatic rings. The van der Waals surface area contributed by atoms with Crippen LogP contribution in [0.3, 0.4) is 0 Å². The predicted octanol–water partition coefficient (Wildman–Crippen LogP) is 3.10. The van der Waals surface area contributed by atoms with Gasteiger partial charge >= 0.3 is 0 Å². The third kappa shape index (κ3) is 4.30. The van der Waals surface area contributed by atoms with Gasteiger partial charge in [0.1, 0.15) is 5.75 Å². The van der Waals surface area contributed by atoms with Crippen LogP contribution in [-0.2, 0) is 0 Å². The summed E-state index contributed by atoms with van der Waals surface area (Å²) in [7, 11) is 1.60. The minimum atomic E-state index is 0.0201. The normalized spacial score (nSPS) is 10.7. The highest BCUT2D eigenvalue weighted by Gasteiger charge is 2.09. The monoisotopic (exact) mass is 365 g/mol. The lowest BCUT2D eigenvalue weighted by molar-refractivity contribution is 0.318. The molecule has 8 nitrogen and oxygen atoms in total. The Kier molecular flexibility index (Phi) is 5.78. The molecule has 0 bridgehead atoms. The fraction of sp³-hybridized carbons (Fsp3) is 0.158. The molecule has 0 aliphatic carbocycles. The first-order valence-corrected chi connectivity index (χ1v) is 8.30. The first-order chi connectivity index (χ1) is 13.2. The van der Waals surface area contributed by atoms with Crippen molar-refractivity contribution in [3.63, 3.8) is 0 Å². The Morgan fingerprint density at radius 1 is 1.15 bits per heavy atom. The Hall–Kier alpha value is -3.68. The number of methoxy groups -OCH3 is 1. The summed E-state index contributed by atoms with van der Waals surface area (Å²) in [5.74, 6) is 1.32. The number of phenolic OH excluding ortho intramolecular Hbond substituents is 1. The first kappa shape index (κ1) is 18.1. The Balaban J connectivity index is 1.78. The number of nitrogens with one attached hydrogen (secondary N) is 1. The topological polar surface area (TPSA) is 102 Å². The lowest BCUT2D eigenvalue weighted by Crippen LogP contribution is -2.01.